The largest absolute Gasteiger partial charge is 0.481 e. The van der Waals surface area contributed by atoms with Gasteiger partial charge in [-0.15, -0.1) is 0 Å². The van der Waals surface area contributed by atoms with E-state index in [1.54, 1.807) is 12.1 Å². The van der Waals surface area contributed by atoms with Crippen molar-refractivity contribution in [2.75, 3.05) is 6.54 Å². The third kappa shape index (κ3) is 6.33. The number of carbonyl (C=O) groups is 2. The van der Waals surface area contributed by atoms with Crippen LogP contribution < -0.4 is 5.32 Å². The summed E-state index contributed by atoms with van der Waals surface area (Å²) in [5.41, 5.74) is 0.600. The summed E-state index contributed by atoms with van der Waals surface area (Å²) in [6.45, 7) is 0.411. The van der Waals surface area contributed by atoms with Crippen molar-refractivity contribution in [2.24, 2.45) is 0 Å². The average Bonchev–Trinajstić information content (AvgIpc) is 2.34. The standard InChI is InChI=1S/C13H15BrFNO3/c14-10-4-3-9(11(15)8-10)2-1-7-16-12(17)5-6-13(18)19/h3-4,8H,1-2,5-7H2,(H,16,17)(H,18,19). The zero-order valence-corrected chi connectivity index (χ0v) is 11.9. The molecule has 0 aliphatic rings. The lowest BCUT2D eigenvalue weighted by Crippen LogP contribution is -2.25. The summed E-state index contributed by atoms with van der Waals surface area (Å²) >= 11 is 3.18. The second kappa shape index (κ2) is 7.89. The number of hydrogen-bond acceptors (Lipinski definition) is 2. The molecule has 0 saturated carbocycles. The van der Waals surface area contributed by atoms with E-state index in [9.17, 15) is 14.0 Å². The van der Waals surface area contributed by atoms with Gasteiger partial charge in [-0.25, -0.2) is 4.39 Å². The number of hydrogen-bond donors (Lipinski definition) is 2. The molecule has 4 nitrogen and oxygen atoms in total. The lowest BCUT2D eigenvalue weighted by atomic mass is 10.1. The molecule has 1 amide bonds. The van der Waals surface area contributed by atoms with E-state index in [0.717, 1.165) is 0 Å². The van der Waals surface area contributed by atoms with Crippen LogP contribution in [0.3, 0.4) is 0 Å². The Kier molecular flexibility index (Phi) is 6.49. The maximum Gasteiger partial charge on any atom is 0.303 e. The minimum Gasteiger partial charge on any atom is -0.481 e. The molecule has 0 aliphatic heterocycles. The third-order valence-corrected chi connectivity index (χ3v) is 3.02. The Morgan fingerprint density at radius 2 is 2.05 bits per heavy atom. The highest BCUT2D eigenvalue weighted by atomic mass is 79.9. The number of aryl methyl sites for hydroxylation is 1. The normalized spacial score (nSPS) is 10.2. The minimum absolute atomic E-state index is 0.0258. The van der Waals surface area contributed by atoms with Gasteiger partial charge in [-0.2, -0.15) is 0 Å². The zero-order chi connectivity index (χ0) is 14.3. The molecule has 0 aliphatic carbocycles. The van der Waals surface area contributed by atoms with Crippen LogP contribution in [0.1, 0.15) is 24.8 Å². The number of carbonyl (C=O) groups excluding carboxylic acids is 1. The molecular weight excluding hydrogens is 317 g/mol. The quantitative estimate of drug-likeness (QED) is 0.754. The van der Waals surface area contributed by atoms with Gasteiger partial charge < -0.3 is 10.4 Å². The van der Waals surface area contributed by atoms with Crippen molar-refractivity contribution in [1.29, 1.82) is 0 Å². The predicted molar refractivity (Wildman–Crippen MR) is 72.3 cm³/mol. The maximum absolute atomic E-state index is 13.5. The fourth-order valence-electron chi connectivity index (χ4n) is 1.54. The third-order valence-electron chi connectivity index (χ3n) is 2.53. The van der Waals surface area contributed by atoms with Gasteiger partial charge in [-0.1, -0.05) is 22.0 Å². The first-order valence-electron chi connectivity index (χ1n) is 5.91. The van der Waals surface area contributed by atoms with Crippen LogP contribution in [0.2, 0.25) is 0 Å². The van der Waals surface area contributed by atoms with Crippen molar-refractivity contribution in [2.45, 2.75) is 25.7 Å². The lowest BCUT2D eigenvalue weighted by Gasteiger charge is -2.05. The summed E-state index contributed by atoms with van der Waals surface area (Å²) in [7, 11) is 0. The van der Waals surface area contributed by atoms with Gasteiger partial charge in [0.25, 0.3) is 0 Å². The molecule has 0 fully saturated rings. The average molecular weight is 332 g/mol. The molecule has 0 saturated heterocycles. The Hall–Kier alpha value is -1.43. The number of benzene rings is 1. The molecule has 0 heterocycles. The Morgan fingerprint density at radius 1 is 1.32 bits per heavy atom. The molecule has 104 valence electrons. The van der Waals surface area contributed by atoms with E-state index in [4.69, 9.17) is 5.11 Å². The first kappa shape index (κ1) is 15.6. The monoisotopic (exact) mass is 331 g/mol. The van der Waals surface area contributed by atoms with E-state index in [2.05, 4.69) is 21.2 Å². The van der Waals surface area contributed by atoms with Gasteiger partial charge >= 0.3 is 5.97 Å². The summed E-state index contributed by atoms with van der Waals surface area (Å²) < 4.78 is 14.2. The molecular formula is C13H15BrFNO3. The van der Waals surface area contributed by atoms with Crippen LogP contribution in [0.4, 0.5) is 4.39 Å². The number of carboxylic acids is 1. The van der Waals surface area contributed by atoms with Crippen molar-refractivity contribution >= 4 is 27.8 Å². The van der Waals surface area contributed by atoms with E-state index in [0.29, 0.717) is 29.4 Å². The first-order valence-corrected chi connectivity index (χ1v) is 6.71. The summed E-state index contributed by atoms with van der Waals surface area (Å²) in [4.78, 5) is 21.5. The lowest BCUT2D eigenvalue weighted by molar-refractivity contribution is -0.138. The molecule has 1 aromatic rings. The maximum atomic E-state index is 13.5. The van der Waals surface area contributed by atoms with E-state index in [-0.39, 0.29) is 24.6 Å². The van der Waals surface area contributed by atoms with E-state index < -0.39 is 5.97 Å². The van der Waals surface area contributed by atoms with Crippen LogP contribution in [-0.2, 0) is 16.0 Å². The first-order chi connectivity index (χ1) is 8.99. The van der Waals surface area contributed by atoms with Gasteiger partial charge in [0.1, 0.15) is 5.82 Å². The van der Waals surface area contributed by atoms with Crippen molar-refractivity contribution in [3.63, 3.8) is 0 Å². The fourth-order valence-corrected chi connectivity index (χ4v) is 1.87. The molecule has 0 aromatic heterocycles. The zero-order valence-electron chi connectivity index (χ0n) is 10.3. The van der Waals surface area contributed by atoms with Crippen molar-refractivity contribution in [1.82, 2.24) is 5.32 Å². The number of carboxylic acid groups (broad SMARTS) is 1. The molecule has 1 rings (SSSR count). The Balaban J connectivity index is 2.23. The smallest absolute Gasteiger partial charge is 0.303 e. The number of amides is 1. The van der Waals surface area contributed by atoms with E-state index >= 15 is 0 Å². The fraction of sp³-hybridized carbons (Fsp3) is 0.385. The number of rotatable bonds is 7. The molecule has 6 heteroatoms. The molecule has 0 unspecified atom stereocenters. The van der Waals surface area contributed by atoms with Crippen LogP contribution in [0.25, 0.3) is 0 Å². The van der Waals surface area contributed by atoms with E-state index in [1.165, 1.54) is 6.07 Å². The SMILES string of the molecule is O=C(O)CCC(=O)NCCCc1ccc(Br)cc1F. The molecule has 0 spiro atoms. The highest BCUT2D eigenvalue weighted by molar-refractivity contribution is 9.10. The van der Waals surface area contributed by atoms with Crippen LogP contribution >= 0.6 is 15.9 Å². The van der Waals surface area contributed by atoms with Crippen molar-refractivity contribution < 1.29 is 19.1 Å². The van der Waals surface area contributed by atoms with Gasteiger partial charge in [0.2, 0.25) is 5.91 Å². The van der Waals surface area contributed by atoms with Gasteiger partial charge in [-0.3, -0.25) is 9.59 Å². The van der Waals surface area contributed by atoms with Crippen LogP contribution in [0, 0.1) is 5.82 Å². The second-order valence-electron chi connectivity index (χ2n) is 4.08. The van der Waals surface area contributed by atoms with Crippen LogP contribution in [0.15, 0.2) is 22.7 Å². The van der Waals surface area contributed by atoms with Crippen LogP contribution in [-0.4, -0.2) is 23.5 Å². The summed E-state index contributed by atoms with van der Waals surface area (Å²) in [6.07, 6.45) is 0.935. The topological polar surface area (TPSA) is 66.4 Å². The Morgan fingerprint density at radius 3 is 2.68 bits per heavy atom. The molecule has 1 aromatic carbocycles. The molecule has 19 heavy (non-hydrogen) atoms. The van der Waals surface area contributed by atoms with Gasteiger partial charge in [0.05, 0.1) is 6.42 Å². The molecule has 2 N–H and O–H groups in total. The predicted octanol–water partition coefficient (Wildman–Crippen LogP) is 2.50. The van der Waals surface area contributed by atoms with E-state index in [1.807, 2.05) is 0 Å². The van der Waals surface area contributed by atoms with Gasteiger partial charge in [0, 0.05) is 17.4 Å². The summed E-state index contributed by atoms with van der Waals surface area (Å²) in [5, 5.41) is 11.0. The van der Waals surface area contributed by atoms with Gasteiger partial charge in [-0.05, 0) is 30.5 Å². The second-order valence-corrected chi connectivity index (χ2v) is 5.00. The van der Waals surface area contributed by atoms with Crippen molar-refractivity contribution in [3.8, 4) is 0 Å². The number of halogens is 2. The molecule has 0 radical (unpaired) electrons. The molecule has 0 bridgehead atoms. The minimum atomic E-state index is -0.993. The Bertz CT molecular complexity index is 465. The summed E-state index contributed by atoms with van der Waals surface area (Å²) in [6, 6.07) is 4.87. The Labute approximate surface area is 119 Å². The highest BCUT2D eigenvalue weighted by Gasteiger charge is 2.05. The summed E-state index contributed by atoms with van der Waals surface area (Å²) in [5.74, 6) is -1.56. The van der Waals surface area contributed by atoms with Crippen LogP contribution in [0.5, 0.6) is 0 Å². The van der Waals surface area contributed by atoms with Crippen molar-refractivity contribution in [3.05, 3.63) is 34.1 Å². The number of nitrogens with one attached hydrogen (secondary N) is 1. The van der Waals surface area contributed by atoms with Gasteiger partial charge in [0.15, 0.2) is 0 Å². The number of aliphatic carboxylic acids is 1. The molecule has 0 atom stereocenters. The highest BCUT2D eigenvalue weighted by Crippen LogP contribution is 2.16.